The minimum Gasteiger partial charge on any atom is -0.382 e. The van der Waals surface area contributed by atoms with Crippen LogP contribution in [0.5, 0.6) is 0 Å². The second-order valence-electron chi connectivity index (χ2n) is 4.94. The molecule has 0 rings (SSSR count). The molecule has 8 heteroatoms. The molecule has 132 valence electrons. The van der Waals surface area contributed by atoms with E-state index in [1.54, 1.807) is 0 Å². The molecule has 0 unspecified atom stereocenters. The summed E-state index contributed by atoms with van der Waals surface area (Å²) in [6.45, 7) is 6.79. The minimum absolute atomic E-state index is 0.385. The van der Waals surface area contributed by atoms with E-state index >= 15 is 0 Å². The van der Waals surface area contributed by atoms with E-state index in [-0.39, 0.29) is 0 Å². The highest BCUT2D eigenvalue weighted by atomic mass is 19.4. The number of nitrogens with zero attached hydrogens (tertiary/aromatic N) is 2. The van der Waals surface area contributed by atoms with Gasteiger partial charge in [0, 0.05) is 32.8 Å². The van der Waals surface area contributed by atoms with E-state index in [1.165, 1.54) is 11.9 Å². The van der Waals surface area contributed by atoms with E-state index in [9.17, 15) is 13.2 Å². The van der Waals surface area contributed by atoms with Crippen molar-refractivity contribution < 1.29 is 17.9 Å². The summed E-state index contributed by atoms with van der Waals surface area (Å²) in [7, 11) is 1.47. The van der Waals surface area contributed by atoms with E-state index in [0.29, 0.717) is 45.2 Å². The summed E-state index contributed by atoms with van der Waals surface area (Å²) < 4.78 is 41.8. The highest BCUT2D eigenvalue weighted by molar-refractivity contribution is 5.79. The van der Waals surface area contributed by atoms with Gasteiger partial charge in [-0.05, 0) is 40.3 Å². The van der Waals surface area contributed by atoms with Crippen LogP contribution in [-0.4, -0.2) is 70.0 Å². The number of alkyl halides is 3. The van der Waals surface area contributed by atoms with Crippen molar-refractivity contribution in [3.05, 3.63) is 0 Å². The first kappa shape index (κ1) is 21.0. The van der Waals surface area contributed by atoms with Gasteiger partial charge in [0.25, 0.3) is 0 Å². The van der Waals surface area contributed by atoms with Crippen molar-refractivity contribution in [1.29, 1.82) is 0 Å². The molecule has 0 saturated heterocycles. The third-order valence-electron chi connectivity index (χ3n) is 2.72. The Kier molecular flexibility index (Phi) is 11.9. The lowest BCUT2D eigenvalue weighted by molar-refractivity contribution is -0.143. The molecule has 0 heterocycles. The van der Waals surface area contributed by atoms with Gasteiger partial charge in [0.15, 0.2) is 5.96 Å². The number of hydrogen-bond acceptors (Lipinski definition) is 3. The fourth-order valence-corrected chi connectivity index (χ4v) is 1.78. The van der Waals surface area contributed by atoms with Gasteiger partial charge in [-0.2, -0.15) is 13.2 Å². The van der Waals surface area contributed by atoms with Crippen molar-refractivity contribution in [3.8, 4) is 0 Å². The topological polar surface area (TPSA) is 48.9 Å². The monoisotopic (exact) mass is 326 g/mol. The molecular formula is C14H29F3N4O. The molecule has 0 atom stereocenters. The summed E-state index contributed by atoms with van der Waals surface area (Å²) in [6.07, 6.45) is -2.67. The molecule has 0 spiro atoms. The van der Waals surface area contributed by atoms with Crippen LogP contribution in [0.15, 0.2) is 4.99 Å². The quantitative estimate of drug-likeness (QED) is 0.346. The van der Waals surface area contributed by atoms with Crippen molar-refractivity contribution in [2.24, 2.45) is 4.99 Å². The van der Waals surface area contributed by atoms with Crippen LogP contribution in [0.1, 0.15) is 26.7 Å². The average molecular weight is 326 g/mol. The molecular weight excluding hydrogens is 297 g/mol. The lowest BCUT2D eigenvalue weighted by atomic mass is 10.4. The summed E-state index contributed by atoms with van der Waals surface area (Å²) in [6, 6.07) is 0. The first-order valence-electron chi connectivity index (χ1n) is 7.74. The fourth-order valence-electron chi connectivity index (χ4n) is 1.78. The zero-order valence-corrected chi connectivity index (χ0v) is 13.8. The lowest BCUT2D eigenvalue weighted by Gasteiger charge is -2.18. The average Bonchev–Trinajstić information content (AvgIpc) is 2.41. The van der Waals surface area contributed by atoms with E-state index < -0.39 is 12.7 Å². The van der Waals surface area contributed by atoms with Gasteiger partial charge in [0.2, 0.25) is 0 Å². The first-order chi connectivity index (χ1) is 10.4. The SMILES string of the molecule is CCNC(=NCCCOCC)NCCCN(C)CC(F)(F)F. The van der Waals surface area contributed by atoms with Crippen molar-refractivity contribution in [2.45, 2.75) is 32.9 Å². The number of aliphatic imine (C=N–C) groups is 1. The second-order valence-corrected chi connectivity index (χ2v) is 4.94. The molecule has 0 radical (unpaired) electrons. The van der Waals surface area contributed by atoms with Crippen LogP contribution >= 0.6 is 0 Å². The Balaban J connectivity index is 3.87. The number of hydrogen-bond donors (Lipinski definition) is 2. The summed E-state index contributed by atoms with van der Waals surface area (Å²) in [4.78, 5) is 5.65. The Bertz CT molecular complexity index is 298. The molecule has 0 aromatic rings. The van der Waals surface area contributed by atoms with Crippen LogP contribution in [0.25, 0.3) is 0 Å². The Hall–Kier alpha value is -1.02. The largest absolute Gasteiger partial charge is 0.401 e. The smallest absolute Gasteiger partial charge is 0.382 e. The second kappa shape index (κ2) is 12.5. The zero-order chi connectivity index (χ0) is 16.8. The Morgan fingerprint density at radius 3 is 2.50 bits per heavy atom. The first-order valence-corrected chi connectivity index (χ1v) is 7.74. The maximum Gasteiger partial charge on any atom is 0.401 e. The van der Waals surface area contributed by atoms with Gasteiger partial charge >= 0.3 is 6.18 Å². The van der Waals surface area contributed by atoms with Gasteiger partial charge in [0.05, 0.1) is 6.54 Å². The summed E-state index contributed by atoms with van der Waals surface area (Å²) in [5.41, 5.74) is 0. The molecule has 0 amide bonds. The van der Waals surface area contributed by atoms with Crippen LogP contribution in [-0.2, 0) is 4.74 Å². The van der Waals surface area contributed by atoms with Crippen molar-refractivity contribution >= 4 is 5.96 Å². The molecule has 0 aromatic carbocycles. The number of rotatable bonds is 11. The van der Waals surface area contributed by atoms with Crippen LogP contribution in [0, 0.1) is 0 Å². The van der Waals surface area contributed by atoms with E-state index in [2.05, 4.69) is 15.6 Å². The maximum atomic E-state index is 12.2. The molecule has 22 heavy (non-hydrogen) atoms. The molecule has 0 bridgehead atoms. The predicted molar refractivity (Wildman–Crippen MR) is 83.3 cm³/mol. The minimum atomic E-state index is -4.14. The Morgan fingerprint density at radius 2 is 1.91 bits per heavy atom. The maximum absolute atomic E-state index is 12.2. The van der Waals surface area contributed by atoms with Crippen LogP contribution < -0.4 is 10.6 Å². The van der Waals surface area contributed by atoms with E-state index in [4.69, 9.17) is 4.74 Å². The number of guanidine groups is 1. The number of nitrogens with one attached hydrogen (secondary N) is 2. The molecule has 0 aliphatic heterocycles. The van der Waals surface area contributed by atoms with Crippen LogP contribution in [0.4, 0.5) is 13.2 Å². The van der Waals surface area contributed by atoms with Crippen molar-refractivity contribution in [2.75, 3.05) is 53.0 Å². The predicted octanol–water partition coefficient (Wildman–Crippen LogP) is 1.85. The van der Waals surface area contributed by atoms with Gasteiger partial charge in [-0.25, -0.2) is 0 Å². The molecule has 0 aliphatic rings. The molecule has 0 saturated carbocycles. The highest BCUT2D eigenvalue weighted by Crippen LogP contribution is 2.15. The standard InChI is InChI=1S/C14H29F3N4O/c1-4-18-13(20-9-7-11-22-5-2)19-8-6-10-21(3)12-14(15,16)17/h4-12H2,1-3H3,(H2,18,19,20). The normalized spacial score (nSPS) is 12.8. The number of ether oxygens (including phenoxy) is 1. The summed E-state index contributed by atoms with van der Waals surface area (Å²) >= 11 is 0. The van der Waals surface area contributed by atoms with Crippen LogP contribution in [0.2, 0.25) is 0 Å². The van der Waals surface area contributed by atoms with Gasteiger partial charge in [-0.15, -0.1) is 0 Å². The Morgan fingerprint density at radius 1 is 1.18 bits per heavy atom. The van der Waals surface area contributed by atoms with Gasteiger partial charge < -0.3 is 15.4 Å². The molecule has 0 fully saturated rings. The molecule has 0 aliphatic carbocycles. The number of halogens is 3. The van der Waals surface area contributed by atoms with Gasteiger partial charge in [-0.3, -0.25) is 9.89 Å². The Labute approximate surface area is 131 Å². The molecule has 2 N–H and O–H groups in total. The van der Waals surface area contributed by atoms with Crippen molar-refractivity contribution in [1.82, 2.24) is 15.5 Å². The highest BCUT2D eigenvalue weighted by Gasteiger charge is 2.28. The molecule has 0 aromatic heterocycles. The van der Waals surface area contributed by atoms with Gasteiger partial charge in [-0.1, -0.05) is 0 Å². The van der Waals surface area contributed by atoms with Gasteiger partial charge in [0.1, 0.15) is 0 Å². The molecule has 5 nitrogen and oxygen atoms in total. The van der Waals surface area contributed by atoms with E-state index in [1.807, 2.05) is 13.8 Å². The van der Waals surface area contributed by atoms with Crippen LogP contribution in [0.3, 0.4) is 0 Å². The third-order valence-corrected chi connectivity index (χ3v) is 2.72. The third kappa shape index (κ3) is 13.9. The summed E-state index contributed by atoms with van der Waals surface area (Å²) in [5.74, 6) is 0.692. The lowest BCUT2D eigenvalue weighted by Crippen LogP contribution is -2.39. The van der Waals surface area contributed by atoms with Crippen molar-refractivity contribution in [3.63, 3.8) is 0 Å². The zero-order valence-electron chi connectivity index (χ0n) is 13.8. The fraction of sp³-hybridized carbons (Fsp3) is 0.929. The van der Waals surface area contributed by atoms with E-state index in [0.717, 1.165) is 13.0 Å². The summed E-state index contributed by atoms with van der Waals surface area (Å²) in [5, 5.41) is 6.22.